The van der Waals surface area contributed by atoms with Gasteiger partial charge < -0.3 is 15.4 Å². The molecule has 1 atom stereocenters. The summed E-state index contributed by atoms with van der Waals surface area (Å²) in [6, 6.07) is 0.527. The van der Waals surface area contributed by atoms with Gasteiger partial charge in [-0.3, -0.25) is 4.79 Å². The van der Waals surface area contributed by atoms with Gasteiger partial charge in [0.1, 0.15) is 0 Å². The number of ether oxygens (including phenoxy) is 1. The van der Waals surface area contributed by atoms with Crippen LogP contribution in [0.3, 0.4) is 0 Å². The molecule has 0 heterocycles. The molecule has 6 nitrogen and oxygen atoms in total. The molecule has 0 fully saturated rings. The highest BCUT2D eigenvalue weighted by molar-refractivity contribution is 6.01. The number of nitriles is 1. The van der Waals surface area contributed by atoms with Gasteiger partial charge in [-0.05, 0) is 20.8 Å². The van der Waals surface area contributed by atoms with Crippen molar-refractivity contribution in [1.29, 1.82) is 5.26 Å². The van der Waals surface area contributed by atoms with Crippen molar-refractivity contribution in [3.8, 4) is 6.07 Å². The molecule has 0 aromatic heterocycles. The SMILES string of the molecule is CCOC(=O)C(N)C(=O)N(CCC#N)C(C)C. The number of carbonyl (C=O) groups excluding carboxylic acids is 2. The molecule has 0 aliphatic carbocycles. The van der Waals surface area contributed by atoms with E-state index in [0.29, 0.717) is 0 Å². The van der Waals surface area contributed by atoms with E-state index in [2.05, 4.69) is 4.74 Å². The minimum Gasteiger partial charge on any atom is -0.464 e. The van der Waals surface area contributed by atoms with Crippen LogP contribution in [0.1, 0.15) is 27.2 Å². The predicted octanol–water partition coefficient (Wildman–Crippen LogP) is 0.0275. The van der Waals surface area contributed by atoms with Gasteiger partial charge in [-0.15, -0.1) is 0 Å². The summed E-state index contributed by atoms with van der Waals surface area (Å²) in [6.45, 7) is 5.69. The average Bonchev–Trinajstić information content (AvgIpc) is 2.28. The largest absolute Gasteiger partial charge is 0.464 e. The van der Waals surface area contributed by atoms with E-state index in [1.165, 1.54) is 4.90 Å². The molecule has 0 radical (unpaired) electrons. The Kier molecular flexibility index (Phi) is 6.91. The molecule has 0 aromatic carbocycles. The van der Waals surface area contributed by atoms with Crippen molar-refractivity contribution in [1.82, 2.24) is 4.90 Å². The van der Waals surface area contributed by atoms with Crippen LogP contribution in [0.5, 0.6) is 0 Å². The van der Waals surface area contributed by atoms with E-state index in [4.69, 9.17) is 11.0 Å². The van der Waals surface area contributed by atoms with Gasteiger partial charge in [-0.25, -0.2) is 4.79 Å². The summed E-state index contributed by atoms with van der Waals surface area (Å²) in [5.41, 5.74) is 5.51. The van der Waals surface area contributed by atoms with Gasteiger partial charge in [0.15, 0.2) is 6.04 Å². The van der Waals surface area contributed by atoms with Gasteiger partial charge >= 0.3 is 5.97 Å². The zero-order valence-corrected chi connectivity index (χ0v) is 10.5. The number of carbonyl (C=O) groups is 2. The molecule has 96 valence electrons. The quantitative estimate of drug-likeness (QED) is 0.522. The van der Waals surface area contributed by atoms with E-state index in [1.54, 1.807) is 20.8 Å². The minimum atomic E-state index is -1.31. The second kappa shape index (κ2) is 7.63. The Morgan fingerprint density at radius 3 is 2.47 bits per heavy atom. The second-order valence-corrected chi connectivity index (χ2v) is 3.76. The number of nitrogens with zero attached hydrogens (tertiary/aromatic N) is 2. The predicted molar refractivity (Wildman–Crippen MR) is 61.7 cm³/mol. The molecular weight excluding hydrogens is 222 g/mol. The summed E-state index contributed by atoms with van der Waals surface area (Å²) in [4.78, 5) is 24.6. The molecule has 0 saturated heterocycles. The van der Waals surface area contributed by atoms with Crippen molar-refractivity contribution >= 4 is 11.9 Å². The Hall–Kier alpha value is -1.61. The molecule has 0 aromatic rings. The highest BCUT2D eigenvalue weighted by atomic mass is 16.5. The second-order valence-electron chi connectivity index (χ2n) is 3.76. The molecule has 0 bridgehead atoms. The first-order valence-corrected chi connectivity index (χ1v) is 5.55. The Morgan fingerprint density at radius 1 is 1.47 bits per heavy atom. The maximum Gasteiger partial charge on any atom is 0.332 e. The summed E-state index contributed by atoms with van der Waals surface area (Å²) in [6.07, 6.45) is 0.208. The van der Waals surface area contributed by atoms with Crippen LogP contribution < -0.4 is 5.73 Å². The van der Waals surface area contributed by atoms with Crippen LogP contribution in [0.4, 0.5) is 0 Å². The molecule has 2 N–H and O–H groups in total. The number of amides is 1. The molecule has 1 unspecified atom stereocenters. The first kappa shape index (κ1) is 15.4. The van der Waals surface area contributed by atoms with Crippen LogP contribution >= 0.6 is 0 Å². The molecule has 1 amide bonds. The molecule has 0 saturated carbocycles. The zero-order valence-electron chi connectivity index (χ0n) is 10.5. The number of rotatable bonds is 6. The summed E-state index contributed by atoms with van der Waals surface area (Å²) < 4.78 is 4.68. The van der Waals surface area contributed by atoms with Crippen LogP contribution in [0, 0.1) is 11.3 Å². The van der Waals surface area contributed by atoms with Gasteiger partial charge in [0, 0.05) is 12.6 Å². The van der Waals surface area contributed by atoms with Crippen LogP contribution in [-0.4, -0.2) is 42.0 Å². The van der Waals surface area contributed by atoms with Crippen molar-refractivity contribution in [2.24, 2.45) is 5.73 Å². The maximum atomic E-state index is 11.9. The van der Waals surface area contributed by atoms with Crippen molar-refractivity contribution in [3.05, 3.63) is 0 Å². The third-order valence-corrected chi connectivity index (χ3v) is 2.18. The lowest BCUT2D eigenvalue weighted by Crippen LogP contribution is -2.51. The molecule has 17 heavy (non-hydrogen) atoms. The molecular formula is C11H19N3O3. The van der Waals surface area contributed by atoms with Crippen molar-refractivity contribution in [2.75, 3.05) is 13.2 Å². The van der Waals surface area contributed by atoms with Crippen LogP contribution in [0.2, 0.25) is 0 Å². The highest BCUT2D eigenvalue weighted by Gasteiger charge is 2.29. The fraction of sp³-hybridized carbons (Fsp3) is 0.727. The smallest absolute Gasteiger partial charge is 0.332 e. The molecule has 6 heteroatoms. The van der Waals surface area contributed by atoms with E-state index >= 15 is 0 Å². The summed E-state index contributed by atoms with van der Waals surface area (Å²) in [7, 11) is 0. The van der Waals surface area contributed by atoms with Crippen LogP contribution in [0.25, 0.3) is 0 Å². The number of esters is 1. The van der Waals surface area contributed by atoms with Gasteiger partial charge in [-0.2, -0.15) is 5.26 Å². The zero-order chi connectivity index (χ0) is 13.4. The Balaban J connectivity index is 4.61. The normalized spacial score (nSPS) is 11.8. The Bertz CT molecular complexity index is 310. The van der Waals surface area contributed by atoms with Crippen LogP contribution in [0.15, 0.2) is 0 Å². The fourth-order valence-corrected chi connectivity index (χ4v) is 1.30. The van der Waals surface area contributed by atoms with Crippen molar-refractivity contribution in [3.63, 3.8) is 0 Å². The fourth-order valence-electron chi connectivity index (χ4n) is 1.30. The Morgan fingerprint density at radius 2 is 2.06 bits per heavy atom. The van der Waals surface area contributed by atoms with Crippen molar-refractivity contribution < 1.29 is 14.3 Å². The van der Waals surface area contributed by atoms with Gasteiger partial charge in [-0.1, -0.05) is 0 Å². The van der Waals surface area contributed by atoms with Crippen molar-refractivity contribution in [2.45, 2.75) is 39.3 Å². The maximum absolute atomic E-state index is 11.9. The molecule has 0 aliphatic rings. The van der Waals surface area contributed by atoms with E-state index in [9.17, 15) is 9.59 Å². The molecule has 0 rings (SSSR count). The van der Waals surface area contributed by atoms with Gasteiger partial charge in [0.2, 0.25) is 0 Å². The van der Waals surface area contributed by atoms with Gasteiger partial charge in [0.25, 0.3) is 5.91 Å². The average molecular weight is 241 g/mol. The monoisotopic (exact) mass is 241 g/mol. The minimum absolute atomic E-state index is 0.115. The molecule has 0 aliphatic heterocycles. The summed E-state index contributed by atoms with van der Waals surface area (Å²) in [5.74, 6) is -1.24. The lowest BCUT2D eigenvalue weighted by molar-refractivity contribution is -0.151. The van der Waals surface area contributed by atoms with E-state index < -0.39 is 17.9 Å². The van der Waals surface area contributed by atoms with E-state index in [-0.39, 0.29) is 25.6 Å². The standard InChI is InChI=1S/C11H19N3O3/c1-4-17-11(16)9(13)10(15)14(8(2)3)7-5-6-12/h8-9H,4-5,7,13H2,1-3H3. The summed E-state index contributed by atoms with van der Waals surface area (Å²) >= 11 is 0. The van der Waals surface area contributed by atoms with Gasteiger partial charge in [0.05, 0.1) is 19.1 Å². The third-order valence-electron chi connectivity index (χ3n) is 2.18. The first-order valence-electron chi connectivity index (χ1n) is 5.55. The third kappa shape index (κ3) is 4.83. The number of nitrogens with two attached hydrogens (primary N) is 1. The van der Waals surface area contributed by atoms with E-state index in [1.807, 2.05) is 6.07 Å². The highest BCUT2D eigenvalue weighted by Crippen LogP contribution is 2.03. The first-order chi connectivity index (χ1) is 7.95. The van der Waals surface area contributed by atoms with E-state index in [0.717, 1.165) is 0 Å². The summed E-state index contributed by atoms with van der Waals surface area (Å²) in [5, 5.41) is 8.50. The lowest BCUT2D eigenvalue weighted by atomic mass is 10.2. The molecule has 0 spiro atoms. The van der Waals surface area contributed by atoms with Crippen LogP contribution in [-0.2, 0) is 14.3 Å². The lowest BCUT2D eigenvalue weighted by Gasteiger charge is -2.27. The Labute approximate surface area is 101 Å². The topological polar surface area (TPSA) is 96.4 Å². The number of hydrogen-bond acceptors (Lipinski definition) is 5. The number of hydrogen-bond donors (Lipinski definition) is 1.